The van der Waals surface area contributed by atoms with Crippen LogP contribution in [-0.4, -0.2) is 68.3 Å². The lowest BCUT2D eigenvalue weighted by atomic mass is 10.1. The van der Waals surface area contributed by atoms with E-state index in [4.69, 9.17) is 18.9 Å². The highest BCUT2D eigenvalue weighted by atomic mass is 19.1. The van der Waals surface area contributed by atoms with Gasteiger partial charge in [-0.25, -0.2) is 42.5 Å². The second kappa shape index (κ2) is 15.3. The van der Waals surface area contributed by atoms with Gasteiger partial charge in [0.15, 0.2) is 35.4 Å². The van der Waals surface area contributed by atoms with Crippen LogP contribution in [0.4, 0.5) is 19.0 Å². The molecule has 1 aliphatic heterocycles. The summed E-state index contributed by atoms with van der Waals surface area (Å²) in [5.74, 6) is -5.04. The van der Waals surface area contributed by atoms with Crippen LogP contribution in [0.1, 0.15) is 47.7 Å². The molecule has 54 heavy (non-hydrogen) atoms. The van der Waals surface area contributed by atoms with Gasteiger partial charge in [-0.05, 0) is 84.9 Å². The molecule has 1 aliphatic rings. The molecule has 272 valence electrons. The van der Waals surface area contributed by atoms with Crippen molar-refractivity contribution >= 4 is 40.8 Å². The van der Waals surface area contributed by atoms with Gasteiger partial charge in [0.2, 0.25) is 0 Å². The smallest absolute Gasteiger partial charge is 0.338 e. The first-order valence-electron chi connectivity index (χ1n) is 16.2. The molecule has 1 saturated heterocycles. The Balaban J connectivity index is 1.25. The third-order valence-corrected chi connectivity index (χ3v) is 8.29. The number of hydrogen-bond donors (Lipinski definition) is 1. The van der Waals surface area contributed by atoms with Crippen molar-refractivity contribution in [2.75, 3.05) is 11.9 Å². The van der Waals surface area contributed by atoms with Crippen molar-refractivity contribution < 1.29 is 51.3 Å². The number of anilines is 1. The number of ether oxygens (including phenoxy) is 4. The monoisotopic (exact) mass is 737 g/mol. The SMILES string of the molecule is O=C(Nc1ncnc2c1ncn2[C@@H]1O[C@H](COC(=O)c2ccc(F)cc2)[C@@H](OC(=O)c2ccc(F)cc2)[C@@H]1OC(=O)c1ccc(F)cc1)c1ccccc1. The molecule has 4 aromatic carbocycles. The van der Waals surface area contributed by atoms with Gasteiger partial charge in [-0.2, -0.15) is 0 Å². The van der Waals surface area contributed by atoms with E-state index in [2.05, 4.69) is 20.3 Å². The molecule has 13 nitrogen and oxygen atoms in total. The van der Waals surface area contributed by atoms with Gasteiger partial charge in [0.05, 0.1) is 23.0 Å². The van der Waals surface area contributed by atoms with Crippen LogP contribution in [0.2, 0.25) is 0 Å². The van der Waals surface area contributed by atoms with Crippen molar-refractivity contribution in [3.8, 4) is 0 Å². The molecule has 1 N–H and O–H groups in total. The third kappa shape index (κ3) is 7.63. The predicted octanol–water partition coefficient (Wildman–Crippen LogP) is 5.70. The van der Waals surface area contributed by atoms with E-state index in [1.54, 1.807) is 30.3 Å². The van der Waals surface area contributed by atoms with Gasteiger partial charge < -0.3 is 24.3 Å². The standard InChI is InChI=1S/C38H26F3N5O8/c39-25-12-6-22(7-13-25)36(48)51-18-28-30(53-37(49)23-8-14-26(40)15-9-23)31(54-38(50)24-10-16-27(41)17-11-24)35(52-28)46-20-44-29-32(42-19-43-33(29)46)45-34(47)21-4-2-1-3-5-21/h1-17,19-20,28,30-31,35H,18H2,(H,42,43,45,47)/t28-,30-,31+,35-/m1/s1. The van der Waals surface area contributed by atoms with Crippen molar-refractivity contribution in [1.82, 2.24) is 19.5 Å². The Bertz CT molecular complexity index is 2320. The third-order valence-electron chi connectivity index (χ3n) is 8.29. The first-order valence-corrected chi connectivity index (χ1v) is 16.2. The van der Waals surface area contributed by atoms with Gasteiger partial charge >= 0.3 is 17.9 Å². The molecule has 0 aliphatic carbocycles. The number of nitrogens with one attached hydrogen (secondary N) is 1. The zero-order chi connectivity index (χ0) is 37.8. The Kier molecular flexibility index (Phi) is 10.1. The van der Waals surface area contributed by atoms with Crippen LogP contribution < -0.4 is 5.32 Å². The number of esters is 3. The van der Waals surface area contributed by atoms with Crippen LogP contribution in [-0.2, 0) is 18.9 Å². The minimum Gasteiger partial charge on any atom is -0.459 e. The lowest BCUT2D eigenvalue weighted by Gasteiger charge is -2.25. The summed E-state index contributed by atoms with van der Waals surface area (Å²) in [6.45, 7) is -0.571. The van der Waals surface area contributed by atoms with Crippen molar-refractivity contribution in [3.63, 3.8) is 0 Å². The van der Waals surface area contributed by atoms with Crippen LogP contribution >= 0.6 is 0 Å². The second-order valence-corrected chi connectivity index (χ2v) is 11.8. The average Bonchev–Trinajstić information content (AvgIpc) is 3.76. The van der Waals surface area contributed by atoms with Gasteiger partial charge in [0.1, 0.15) is 36.5 Å². The topological polar surface area (TPSA) is 161 Å². The normalized spacial score (nSPS) is 17.8. The molecule has 4 atom stereocenters. The summed E-state index contributed by atoms with van der Waals surface area (Å²) >= 11 is 0. The molecule has 7 rings (SSSR count). The Hall–Kier alpha value is -6.94. The van der Waals surface area contributed by atoms with E-state index < -0.39 is 72.4 Å². The fourth-order valence-electron chi connectivity index (χ4n) is 5.62. The van der Waals surface area contributed by atoms with Gasteiger partial charge in [-0.15, -0.1) is 0 Å². The largest absolute Gasteiger partial charge is 0.459 e. The predicted molar refractivity (Wildman–Crippen MR) is 182 cm³/mol. The van der Waals surface area contributed by atoms with E-state index in [-0.39, 0.29) is 33.7 Å². The molecule has 0 bridgehead atoms. The summed E-state index contributed by atoms with van der Waals surface area (Å²) in [7, 11) is 0. The number of aromatic nitrogens is 4. The molecule has 0 spiro atoms. The van der Waals surface area contributed by atoms with Crippen LogP contribution in [0.3, 0.4) is 0 Å². The van der Waals surface area contributed by atoms with Crippen molar-refractivity contribution in [1.29, 1.82) is 0 Å². The van der Waals surface area contributed by atoms with Gasteiger partial charge in [-0.1, -0.05) is 18.2 Å². The lowest BCUT2D eigenvalue weighted by Crippen LogP contribution is -2.41. The number of fused-ring (bicyclic) bond motifs is 1. The zero-order valence-electron chi connectivity index (χ0n) is 27.7. The summed E-state index contributed by atoms with van der Waals surface area (Å²) in [5, 5.41) is 2.69. The maximum Gasteiger partial charge on any atom is 0.338 e. The summed E-state index contributed by atoms with van der Waals surface area (Å²) in [6.07, 6.45) is -3.31. The van der Waals surface area contributed by atoms with Crippen LogP contribution in [0.15, 0.2) is 116 Å². The number of carbonyl (C=O) groups is 4. The number of imidazole rings is 1. The molecule has 1 amide bonds. The fraction of sp³-hybridized carbons (Fsp3) is 0.132. The van der Waals surface area contributed by atoms with E-state index in [9.17, 15) is 32.3 Å². The molecule has 6 aromatic rings. The van der Waals surface area contributed by atoms with Crippen molar-refractivity contribution in [2.24, 2.45) is 0 Å². The zero-order valence-corrected chi connectivity index (χ0v) is 27.7. The summed E-state index contributed by atoms with van der Waals surface area (Å²) in [4.78, 5) is 65.8. The highest BCUT2D eigenvalue weighted by molar-refractivity contribution is 6.06. The maximum absolute atomic E-state index is 13.7. The minimum atomic E-state index is -1.52. The van der Waals surface area contributed by atoms with E-state index in [1.807, 2.05) is 0 Å². The highest BCUT2D eigenvalue weighted by Gasteiger charge is 2.52. The first-order chi connectivity index (χ1) is 26.1. The molecule has 0 radical (unpaired) electrons. The lowest BCUT2D eigenvalue weighted by molar-refractivity contribution is -0.0606. The van der Waals surface area contributed by atoms with Crippen LogP contribution in [0.5, 0.6) is 0 Å². The van der Waals surface area contributed by atoms with Gasteiger partial charge in [0, 0.05) is 5.56 Å². The Morgan fingerprint density at radius 2 is 1.19 bits per heavy atom. The van der Waals surface area contributed by atoms with Gasteiger partial charge in [-0.3, -0.25) is 9.36 Å². The molecular weight excluding hydrogens is 711 g/mol. The highest BCUT2D eigenvalue weighted by Crippen LogP contribution is 2.37. The second-order valence-electron chi connectivity index (χ2n) is 11.8. The summed E-state index contributed by atoms with van der Waals surface area (Å²) in [6, 6.07) is 21.8. The number of rotatable bonds is 10. The van der Waals surface area contributed by atoms with Gasteiger partial charge in [0.25, 0.3) is 5.91 Å². The fourth-order valence-corrected chi connectivity index (χ4v) is 5.62. The number of benzene rings is 4. The summed E-state index contributed by atoms with van der Waals surface area (Å²) in [5.41, 5.74) is 0.430. The van der Waals surface area contributed by atoms with Crippen LogP contribution in [0, 0.1) is 17.5 Å². The van der Waals surface area contributed by atoms with E-state index in [1.165, 1.54) is 47.3 Å². The number of halogens is 3. The molecule has 2 aromatic heterocycles. The van der Waals surface area contributed by atoms with Crippen molar-refractivity contribution in [2.45, 2.75) is 24.5 Å². The average molecular weight is 738 g/mol. The van der Waals surface area contributed by atoms with Crippen LogP contribution in [0.25, 0.3) is 11.2 Å². The summed E-state index contributed by atoms with van der Waals surface area (Å²) < 4.78 is 65.9. The maximum atomic E-state index is 13.7. The molecule has 16 heteroatoms. The minimum absolute atomic E-state index is 0.00692. The van der Waals surface area contributed by atoms with E-state index in [0.29, 0.717) is 5.56 Å². The Morgan fingerprint density at radius 1 is 0.648 bits per heavy atom. The molecule has 1 fully saturated rings. The molecular formula is C38H26F3N5O8. The molecule has 0 saturated carbocycles. The Labute approximate surface area is 303 Å². The van der Waals surface area contributed by atoms with Crippen molar-refractivity contribution in [3.05, 3.63) is 155 Å². The van der Waals surface area contributed by atoms with E-state index >= 15 is 0 Å². The number of hydrogen-bond acceptors (Lipinski definition) is 11. The first kappa shape index (κ1) is 35.5. The Morgan fingerprint density at radius 3 is 1.76 bits per heavy atom. The van der Waals surface area contributed by atoms with E-state index in [0.717, 1.165) is 42.7 Å². The molecule has 3 heterocycles. The number of carbonyl (C=O) groups excluding carboxylic acids is 4. The number of amides is 1. The quantitative estimate of drug-likeness (QED) is 0.136. The molecule has 0 unspecified atom stereocenters. The number of nitrogens with zero attached hydrogens (tertiary/aromatic N) is 4.